The summed E-state index contributed by atoms with van der Waals surface area (Å²) in [5.74, 6) is -0.418. The van der Waals surface area contributed by atoms with E-state index in [2.05, 4.69) is 0 Å². The van der Waals surface area contributed by atoms with Gasteiger partial charge in [-0.25, -0.2) is 0 Å². The largest absolute Gasteiger partial charge is 0.469 e. The van der Waals surface area contributed by atoms with Crippen LogP contribution in [0, 0.1) is 10.8 Å². The Kier molecular flexibility index (Phi) is 5.15. The summed E-state index contributed by atoms with van der Waals surface area (Å²) in [7, 11) is 1.34. The molecule has 3 atom stereocenters. The van der Waals surface area contributed by atoms with Gasteiger partial charge in [-0.05, 0) is 43.4 Å². The number of rotatable bonds is 5. The predicted octanol–water partition coefficient (Wildman–Crippen LogP) is 2.59. The fourth-order valence-electron chi connectivity index (χ4n) is 3.62. The van der Waals surface area contributed by atoms with Gasteiger partial charge in [0.15, 0.2) is 0 Å². The highest BCUT2D eigenvalue weighted by molar-refractivity contribution is 6.30. The van der Waals surface area contributed by atoms with E-state index in [0.717, 1.165) is 5.56 Å². The molecule has 122 valence electrons. The van der Waals surface area contributed by atoms with Crippen molar-refractivity contribution in [1.82, 2.24) is 0 Å². The first-order chi connectivity index (χ1) is 10.4. The molecule has 1 aliphatic rings. The summed E-state index contributed by atoms with van der Waals surface area (Å²) in [6.45, 7) is 1.79. The minimum Gasteiger partial charge on any atom is -0.469 e. The number of carbonyl (C=O) groups is 1. The van der Waals surface area contributed by atoms with Crippen molar-refractivity contribution in [1.29, 1.82) is 0 Å². The molecule has 2 N–H and O–H groups in total. The average Bonchev–Trinajstić information content (AvgIpc) is 2.83. The zero-order chi connectivity index (χ0) is 16.4. The lowest BCUT2D eigenvalue weighted by Crippen LogP contribution is -2.48. The van der Waals surface area contributed by atoms with Gasteiger partial charge in [0, 0.05) is 10.4 Å². The number of hydrogen-bond donors (Lipinski definition) is 2. The van der Waals surface area contributed by atoms with Gasteiger partial charge in [-0.15, -0.1) is 0 Å². The Morgan fingerprint density at radius 1 is 1.36 bits per heavy atom. The van der Waals surface area contributed by atoms with E-state index in [-0.39, 0.29) is 6.61 Å². The molecule has 5 heteroatoms. The normalized spacial score (nSPS) is 31.2. The van der Waals surface area contributed by atoms with Gasteiger partial charge in [-0.1, -0.05) is 30.7 Å². The second-order valence-electron chi connectivity index (χ2n) is 6.23. The Morgan fingerprint density at radius 2 is 2.00 bits per heavy atom. The molecular formula is C17H23ClO4. The van der Waals surface area contributed by atoms with Crippen molar-refractivity contribution in [2.75, 3.05) is 13.7 Å². The molecule has 1 aromatic carbocycles. The standard InChI is InChI=1S/C17H23ClO4/c1-3-16(11-19)8-9-17(14(16)20,15(21)22-2)10-12-4-6-13(18)7-5-12/h4-7,14,19-20H,3,8-11H2,1-2H3. The molecule has 0 aliphatic heterocycles. The molecule has 1 aromatic rings. The fourth-order valence-corrected chi connectivity index (χ4v) is 3.75. The Bertz CT molecular complexity index is 524. The van der Waals surface area contributed by atoms with Crippen molar-refractivity contribution in [3.8, 4) is 0 Å². The molecular weight excluding hydrogens is 304 g/mol. The van der Waals surface area contributed by atoms with Gasteiger partial charge in [-0.3, -0.25) is 4.79 Å². The van der Waals surface area contributed by atoms with Gasteiger partial charge in [0.1, 0.15) is 0 Å². The van der Waals surface area contributed by atoms with Crippen LogP contribution < -0.4 is 0 Å². The fraction of sp³-hybridized carbons (Fsp3) is 0.588. The first-order valence-electron chi connectivity index (χ1n) is 7.56. The van der Waals surface area contributed by atoms with Crippen molar-refractivity contribution >= 4 is 17.6 Å². The number of methoxy groups -OCH3 is 1. The second kappa shape index (κ2) is 6.57. The number of halogens is 1. The number of esters is 1. The number of hydrogen-bond acceptors (Lipinski definition) is 4. The molecule has 0 radical (unpaired) electrons. The van der Waals surface area contributed by atoms with Crippen molar-refractivity contribution in [2.24, 2.45) is 10.8 Å². The van der Waals surface area contributed by atoms with Crippen molar-refractivity contribution in [2.45, 2.75) is 38.7 Å². The van der Waals surface area contributed by atoms with Crippen LogP contribution in [0.25, 0.3) is 0 Å². The third-order valence-electron chi connectivity index (χ3n) is 5.22. The molecule has 4 nitrogen and oxygen atoms in total. The summed E-state index contributed by atoms with van der Waals surface area (Å²) in [4.78, 5) is 12.4. The van der Waals surface area contributed by atoms with Crippen LogP contribution in [0.2, 0.25) is 5.02 Å². The first-order valence-corrected chi connectivity index (χ1v) is 7.94. The molecule has 1 saturated carbocycles. The van der Waals surface area contributed by atoms with Crippen LogP contribution in [0.5, 0.6) is 0 Å². The molecule has 1 aliphatic carbocycles. The first kappa shape index (κ1) is 17.3. The Labute approximate surface area is 136 Å². The number of aliphatic hydroxyl groups is 2. The summed E-state index contributed by atoms with van der Waals surface area (Å²) >= 11 is 5.90. The van der Waals surface area contributed by atoms with Crippen LogP contribution in [0.3, 0.4) is 0 Å². The second-order valence-corrected chi connectivity index (χ2v) is 6.66. The van der Waals surface area contributed by atoms with Crippen LogP contribution in [0.1, 0.15) is 31.7 Å². The molecule has 0 saturated heterocycles. The lowest BCUT2D eigenvalue weighted by atomic mass is 9.72. The molecule has 0 heterocycles. The molecule has 0 amide bonds. The van der Waals surface area contributed by atoms with Gasteiger partial charge in [-0.2, -0.15) is 0 Å². The third kappa shape index (κ3) is 2.75. The molecule has 1 fully saturated rings. The van der Waals surface area contributed by atoms with E-state index in [9.17, 15) is 15.0 Å². The summed E-state index contributed by atoms with van der Waals surface area (Å²) in [6.07, 6.45) is 1.16. The quantitative estimate of drug-likeness (QED) is 0.816. The maximum Gasteiger partial charge on any atom is 0.314 e. The van der Waals surface area contributed by atoms with Crippen LogP contribution in [0.15, 0.2) is 24.3 Å². The summed E-state index contributed by atoms with van der Waals surface area (Å²) < 4.78 is 4.98. The van der Waals surface area contributed by atoms with Crippen LogP contribution in [-0.4, -0.2) is 36.0 Å². The number of aliphatic hydroxyl groups excluding tert-OH is 2. The molecule has 22 heavy (non-hydrogen) atoms. The van der Waals surface area contributed by atoms with Gasteiger partial charge in [0.25, 0.3) is 0 Å². The number of carbonyl (C=O) groups excluding carboxylic acids is 1. The van der Waals surface area contributed by atoms with Crippen LogP contribution >= 0.6 is 11.6 Å². The zero-order valence-electron chi connectivity index (χ0n) is 13.0. The highest BCUT2D eigenvalue weighted by Gasteiger charge is 2.59. The minimum absolute atomic E-state index is 0.135. The topological polar surface area (TPSA) is 66.8 Å². The lowest BCUT2D eigenvalue weighted by Gasteiger charge is -2.37. The Morgan fingerprint density at radius 3 is 2.45 bits per heavy atom. The highest BCUT2D eigenvalue weighted by Crippen LogP contribution is 2.53. The van der Waals surface area contributed by atoms with Gasteiger partial charge < -0.3 is 14.9 Å². The molecule has 3 unspecified atom stereocenters. The average molecular weight is 327 g/mol. The van der Waals surface area contributed by atoms with Crippen LogP contribution in [-0.2, 0) is 16.0 Å². The summed E-state index contributed by atoms with van der Waals surface area (Å²) in [5, 5.41) is 21.3. The van der Waals surface area contributed by atoms with Crippen molar-refractivity contribution in [3.63, 3.8) is 0 Å². The molecule has 0 bridgehead atoms. The highest BCUT2D eigenvalue weighted by atomic mass is 35.5. The lowest BCUT2D eigenvalue weighted by molar-refractivity contribution is -0.162. The monoisotopic (exact) mass is 326 g/mol. The number of ether oxygens (including phenoxy) is 1. The van der Waals surface area contributed by atoms with E-state index in [1.807, 2.05) is 19.1 Å². The van der Waals surface area contributed by atoms with E-state index in [0.29, 0.717) is 30.7 Å². The third-order valence-corrected chi connectivity index (χ3v) is 5.47. The SMILES string of the molecule is CCC1(CO)CCC(Cc2ccc(Cl)cc2)(C(=O)OC)C1O. The summed E-state index contributed by atoms with van der Waals surface area (Å²) in [5.41, 5.74) is -0.735. The van der Waals surface area contributed by atoms with Crippen molar-refractivity contribution in [3.05, 3.63) is 34.9 Å². The smallest absolute Gasteiger partial charge is 0.314 e. The minimum atomic E-state index is -1.01. The van der Waals surface area contributed by atoms with E-state index in [1.54, 1.807) is 12.1 Å². The van der Waals surface area contributed by atoms with E-state index >= 15 is 0 Å². The maximum absolute atomic E-state index is 12.4. The Balaban J connectivity index is 2.38. The van der Waals surface area contributed by atoms with Gasteiger partial charge in [0.2, 0.25) is 0 Å². The number of benzene rings is 1. The molecule has 0 aromatic heterocycles. The summed E-state index contributed by atoms with van der Waals surface area (Å²) in [6, 6.07) is 7.24. The zero-order valence-corrected chi connectivity index (χ0v) is 13.8. The van der Waals surface area contributed by atoms with Gasteiger partial charge in [0.05, 0.1) is 25.2 Å². The van der Waals surface area contributed by atoms with E-state index < -0.39 is 22.9 Å². The molecule has 2 rings (SSSR count). The van der Waals surface area contributed by atoms with Crippen LogP contribution in [0.4, 0.5) is 0 Å². The maximum atomic E-state index is 12.4. The molecule has 0 spiro atoms. The Hall–Kier alpha value is -1.10. The van der Waals surface area contributed by atoms with E-state index in [4.69, 9.17) is 16.3 Å². The van der Waals surface area contributed by atoms with Gasteiger partial charge >= 0.3 is 5.97 Å². The predicted molar refractivity (Wildman–Crippen MR) is 84.7 cm³/mol. The van der Waals surface area contributed by atoms with Crippen molar-refractivity contribution < 1.29 is 19.7 Å². The van der Waals surface area contributed by atoms with E-state index in [1.165, 1.54) is 7.11 Å².